The topological polar surface area (TPSA) is 53.5 Å². The number of aryl methyl sites for hydroxylation is 1. The maximum absolute atomic E-state index is 5.91. The van der Waals surface area contributed by atoms with Crippen LogP contribution in [0.3, 0.4) is 0 Å². The molecule has 0 atom stereocenters. The van der Waals surface area contributed by atoms with Crippen LogP contribution in [0.4, 0.5) is 11.8 Å². The quantitative estimate of drug-likeness (QED) is 0.416. The van der Waals surface area contributed by atoms with E-state index in [4.69, 9.17) is 14.7 Å². The van der Waals surface area contributed by atoms with E-state index in [2.05, 4.69) is 70.6 Å². The summed E-state index contributed by atoms with van der Waals surface area (Å²) < 4.78 is 5.91. The van der Waals surface area contributed by atoms with Crippen molar-refractivity contribution in [2.45, 2.75) is 13.5 Å². The minimum absolute atomic E-state index is 0.698. The number of piperazine rings is 1. The molecule has 1 aliphatic rings. The van der Waals surface area contributed by atoms with Crippen molar-refractivity contribution in [1.82, 2.24) is 14.9 Å². The molecule has 1 saturated heterocycles. The van der Waals surface area contributed by atoms with Gasteiger partial charge in [0.15, 0.2) is 0 Å². The predicted octanol–water partition coefficient (Wildman–Crippen LogP) is 4.75. The van der Waals surface area contributed by atoms with Gasteiger partial charge in [-0.05, 0) is 36.8 Å². The van der Waals surface area contributed by atoms with Crippen molar-refractivity contribution >= 4 is 22.7 Å². The highest BCUT2D eigenvalue weighted by molar-refractivity contribution is 5.90. The van der Waals surface area contributed by atoms with Gasteiger partial charge in [-0.1, -0.05) is 60.2 Å². The maximum Gasteiger partial charge on any atom is 0.227 e. The molecule has 0 unspecified atom stereocenters. The van der Waals surface area contributed by atoms with Gasteiger partial charge in [0.25, 0.3) is 0 Å². The van der Waals surface area contributed by atoms with Crippen molar-refractivity contribution in [2.24, 2.45) is 0 Å². The number of rotatable bonds is 8. The number of fused-ring (bicyclic) bond motifs is 1. The second-order valence-corrected chi connectivity index (χ2v) is 8.72. The van der Waals surface area contributed by atoms with Crippen LogP contribution in [0.2, 0.25) is 0 Å². The molecule has 0 amide bonds. The Hall–Kier alpha value is -3.64. The lowest BCUT2D eigenvalue weighted by Crippen LogP contribution is -2.48. The van der Waals surface area contributed by atoms with E-state index in [0.29, 0.717) is 6.61 Å². The number of para-hydroxylation sites is 1. The van der Waals surface area contributed by atoms with Gasteiger partial charge in [0, 0.05) is 44.7 Å². The third kappa shape index (κ3) is 5.46. The molecule has 0 saturated carbocycles. The number of anilines is 2. The Bertz CT molecular complexity index is 1200. The van der Waals surface area contributed by atoms with Gasteiger partial charge in [0.2, 0.25) is 5.95 Å². The van der Waals surface area contributed by atoms with Gasteiger partial charge in [-0.15, -0.1) is 0 Å². The Morgan fingerprint density at radius 2 is 1.56 bits per heavy atom. The van der Waals surface area contributed by atoms with Crippen LogP contribution in [0, 0.1) is 6.92 Å². The zero-order chi connectivity index (χ0) is 23.2. The Balaban J connectivity index is 1.21. The van der Waals surface area contributed by atoms with E-state index >= 15 is 0 Å². The van der Waals surface area contributed by atoms with Crippen molar-refractivity contribution in [3.05, 3.63) is 90.0 Å². The van der Waals surface area contributed by atoms with Crippen LogP contribution < -0.4 is 15.0 Å². The number of nitrogens with zero attached hydrogens (tertiary/aromatic N) is 4. The van der Waals surface area contributed by atoms with Gasteiger partial charge < -0.3 is 15.0 Å². The lowest BCUT2D eigenvalue weighted by molar-refractivity contribution is 0.200. The average molecular weight is 454 g/mol. The fourth-order valence-electron chi connectivity index (χ4n) is 4.22. The van der Waals surface area contributed by atoms with Crippen LogP contribution in [0.1, 0.15) is 11.1 Å². The van der Waals surface area contributed by atoms with Gasteiger partial charge in [0.1, 0.15) is 18.2 Å². The first-order valence-electron chi connectivity index (χ1n) is 12.0. The molecular weight excluding hydrogens is 422 g/mol. The highest BCUT2D eigenvalue weighted by atomic mass is 16.5. The summed E-state index contributed by atoms with van der Waals surface area (Å²) in [5, 5.41) is 4.58. The first-order chi connectivity index (χ1) is 16.7. The lowest BCUT2D eigenvalue weighted by Gasteiger charge is -2.34. The van der Waals surface area contributed by atoms with E-state index < -0.39 is 0 Å². The summed E-state index contributed by atoms with van der Waals surface area (Å²) >= 11 is 0. The molecule has 0 spiro atoms. The summed E-state index contributed by atoms with van der Waals surface area (Å²) in [5.41, 5.74) is 3.45. The van der Waals surface area contributed by atoms with Crippen LogP contribution in [0.25, 0.3) is 10.9 Å². The van der Waals surface area contributed by atoms with E-state index in [1.165, 1.54) is 11.1 Å². The van der Waals surface area contributed by atoms with Gasteiger partial charge in [-0.2, -0.15) is 4.98 Å². The van der Waals surface area contributed by atoms with E-state index in [1.807, 2.05) is 30.3 Å². The van der Waals surface area contributed by atoms with Crippen LogP contribution >= 0.6 is 0 Å². The molecule has 6 heteroatoms. The molecular formula is C28H31N5O. The molecule has 0 bridgehead atoms. The summed E-state index contributed by atoms with van der Waals surface area (Å²) in [5.74, 6) is 2.62. The monoisotopic (exact) mass is 453 g/mol. The molecule has 1 aliphatic heterocycles. The molecule has 1 fully saturated rings. The molecule has 0 radical (unpaired) electrons. The van der Waals surface area contributed by atoms with Crippen molar-refractivity contribution in [2.75, 3.05) is 49.5 Å². The van der Waals surface area contributed by atoms with Crippen molar-refractivity contribution in [3.63, 3.8) is 0 Å². The minimum atomic E-state index is 0.698. The predicted molar refractivity (Wildman–Crippen MR) is 139 cm³/mol. The molecule has 2 heterocycles. The lowest BCUT2D eigenvalue weighted by atomic mass is 10.2. The Kier molecular flexibility index (Phi) is 6.86. The highest BCUT2D eigenvalue weighted by Gasteiger charge is 2.20. The number of hydrogen-bond donors (Lipinski definition) is 1. The molecule has 174 valence electrons. The zero-order valence-electron chi connectivity index (χ0n) is 19.7. The summed E-state index contributed by atoms with van der Waals surface area (Å²) in [6, 6.07) is 26.9. The summed E-state index contributed by atoms with van der Waals surface area (Å²) in [7, 11) is 0. The SMILES string of the molecule is Cc1ccc(OCCN2CCN(c3nc(NCc4ccccc4)c4ccccc4n3)CC2)cc1. The number of ether oxygens (including phenoxy) is 1. The Morgan fingerprint density at radius 3 is 2.35 bits per heavy atom. The first-order valence-corrected chi connectivity index (χ1v) is 12.0. The van der Waals surface area contributed by atoms with Crippen molar-refractivity contribution in [1.29, 1.82) is 0 Å². The summed E-state index contributed by atoms with van der Waals surface area (Å²) in [6.45, 7) is 8.19. The van der Waals surface area contributed by atoms with Gasteiger partial charge in [0.05, 0.1) is 5.52 Å². The third-order valence-electron chi connectivity index (χ3n) is 6.25. The fraction of sp³-hybridized carbons (Fsp3) is 0.286. The van der Waals surface area contributed by atoms with Crippen LogP contribution in [0.15, 0.2) is 78.9 Å². The first kappa shape index (κ1) is 22.2. The second-order valence-electron chi connectivity index (χ2n) is 8.72. The smallest absolute Gasteiger partial charge is 0.227 e. The zero-order valence-corrected chi connectivity index (χ0v) is 19.7. The number of nitrogens with one attached hydrogen (secondary N) is 1. The van der Waals surface area contributed by atoms with Gasteiger partial charge in [-0.25, -0.2) is 4.98 Å². The second kappa shape index (κ2) is 10.5. The number of hydrogen-bond acceptors (Lipinski definition) is 6. The molecule has 5 rings (SSSR count). The molecule has 1 aromatic heterocycles. The van der Waals surface area contributed by atoms with E-state index in [-0.39, 0.29) is 0 Å². The molecule has 34 heavy (non-hydrogen) atoms. The Labute approximate surface area is 201 Å². The van der Waals surface area contributed by atoms with Gasteiger partial charge in [-0.3, -0.25) is 4.90 Å². The standard InChI is InChI=1S/C28H31N5O/c1-22-11-13-24(14-12-22)34-20-19-32-15-17-33(18-16-32)28-30-26-10-6-5-9-25(26)27(31-28)29-21-23-7-3-2-4-8-23/h2-14H,15-21H2,1H3,(H,29,30,31). The fourth-order valence-corrected chi connectivity index (χ4v) is 4.22. The number of benzene rings is 3. The minimum Gasteiger partial charge on any atom is -0.492 e. The summed E-state index contributed by atoms with van der Waals surface area (Å²) in [6.07, 6.45) is 0. The van der Waals surface area contributed by atoms with Crippen molar-refractivity contribution in [3.8, 4) is 5.75 Å². The van der Waals surface area contributed by atoms with E-state index in [0.717, 1.165) is 67.7 Å². The van der Waals surface area contributed by atoms with E-state index in [1.54, 1.807) is 0 Å². The largest absolute Gasteiger partial charge is 0.492 e. The van der Waals surface area contributed by atoms with Crippen molar-refractivity contribution < 1.29 is 4.74 Å². The van der Waals surface area contributed by atoms with Crippen LogP contribution in [0.5, 0.6) is 5.75 Å². The Morgan fingerprint density at radius 1 is 0.824 bits per heavy atom. The molecule has 6 nitrogen and oxygen atoms in total. The van der Waals surface area contributed by atoms with Crippen LogP contribution in [-0.4, -0.2) is 54.2 Å². The highest BCUT2D eigenvalue weighted by Crippen LogP contribution is 2.24. The van der Waals surface area contributed by atoms with Crippen LogP contribution in [-0.2, 0) is 6.54 Å². The third-order valence-corrected chi connectivity index (χ3v) is 6.25. The maximum atomic E-state index is 5.91. The molecule has 4 aromatic rings. The van der Waals surface area contributed by atoms with E-state index in [9.17, 15) is 0 Å². The normalized spacial score (nSPS) is 14.3. The molecule has 0 aliphatic carbocycles. The molecule has 3 aromatic carbocycles. The summed E-state index contributed by atoms with van der Waals surface area (Å²) in [4.78, 5) is 14.5. The van der Waals surface area contributed by atoms with Gasteiger partial charge >= 0.3 is 0 Å². The number of aromatic nitrogens is 2. The average Bonchev–Trinajstić information content (AvgIpc) is 2.89. The molecule has 1 N–H and O–H groups in total.